The zero-order valence-electron chi connectivity index (χ0n) is 22.4. The van der Waals surface area contributed by atoms with E-state index in [1.807, 2.05) is 0 Å². The van der Waals surface area contributed by atoms with Gasteiger partial charge >= 0.3 is 227 Å². The second-order valence-corrected chi connectivity index (χ2v) is 46.8. The van der Waals surface area contributed by atoms with Crippen LogP contribution in [0.15, 0.2) is 0 Å². The van der Waals surface area contributed by atoms with Gasteiger partial charge in [0.1, 0.15) is 0 Å². The molecule has 0 aromatic heterocycles. The van der Waals surface area contributed by atoms with Crippen LogP contribution >= 0.6 is 40.6 Å². The van der Waals surface area contributed by atoms with Gasteiger partial charge in [-0.2, -0.15) is 0 Å². The van der Waals surface area contributed by atoms with Crippen molar-refractivity contribution in [2.24, 2.45) is 0 Å². The van der Waals surface area contributed by atoms with Crippen molar-refractivity contribution in [1.82, 2.24) is 0 Å². The van der Waals surface area contributed by atoms with E-state index in [0.29, 0.717) is 0 Å². The Kier molecular flexibility index (Phi) is 41.5. The van der Waals surface area contributed by atoms with Gasteiger partial charge in [0.05, 0.1) is 0 Å². The van der Waals surface area contributed by atoms with Crippen LogP contribution in [0.25, 0.3) is 0 Å². The maximum absolute atomic E-state index is 2.33. The normalized spacial score (nSPS) is 14.1. The number of hydrogen-bond donors (Lipinski definition) is 0. The van der Waals surface area contributed by atoms with Gasteiger partial charge in [-0.25, -0.2) is 0 Å². The summed E-state index contributed by atoms with van der Waals surface area (Å²) in [6.07, 6.45) is 26.8. The zero-order valence-corrected chi connectivity index (χ0v) is 31.5. The summed E-state index contributed by atoms with van der Waals surface area (Å²) >= 11 is -0.0506. The average molecular weight is 747 g/mol. The molecule has 206 valence electrons. The van der Waals surface area contributed by atoms with Crippen molar-refractivity contribution in [3.05, 3.63) is 0 Å². The predicted octanol–water partition coefficient (Wildman–Crippen LogP) is 11.6. The van der Waals surface area contributed by atoms with Crippen LogP contribution in [0.4, 0.5) is 0 Å². The molecule has 0 amide bonds. The fourth-order valence-corrected chi connectivity index (χ4v) is 47.0. The fourth-order valence-electron chi connectivity index (χ4n) is 2.11. The van der Waals surface area contributed by atoms with Gasteiger partial charge in [-0.3, -0.25) is 0 Å². The Bertz CT molecular complexity index is 249. The van der Waals surface area contributed by atoms with Gasteiger partial charge in [0.2, 0.25) is 0 Å². The van der Waals surface area contributed by atoms with Gasteiger partial charge in [0, 0.05) is 0 Å². The SMILES string of the molecule is CCCC[PH][Pd]([PH]CCCC)[PH]CCCC.CCCC[PH][Pd]([PH]CCCC)[PH]CCCC. The fraction of sp³-hybridized carbons (Fsp3) is 1.00. The molecule has 0 radical (unpaired) electrons. The van der Waals surface area contributed by atoms with E-state index in [9.17, 15) is 0 Å². The number of rotatable bonds is 24. The first kappa shape index (κ1) is 38.1. The molecule has 0 aliphatic carbocycles. The summed E-state index contributed by atoms with van der Waals surface area (Å²) in [5, 5.41) is 0. The van der Waals surface area contributed by atoms with Gasteiger partial charge in [0.25, 0.3) is 0 Å². The third-order valence-electron chi connectivity index (χ3n) is 4.33. The third kappa shape index (κ3) is 31.9. The maximum atomic E-state index is 2.33. The summed E-state index contributed by atoms with van der Waals surface area (Å²) in [6.45, 7) is 22.3. The molecule has 0 rings (SSSR count). The summed E-state index contributed by atoms with van der Waals surface area (Å²) in [7, 11) is 0. The topological polar surface area (TPSA) is 0 Å². The molecule has 0 heterocycles. The van der Waals surface area contributed by atoms with Crippen LogP contribution in [0, 0.1) is 0 Å². The molecule has 0 nitrogen and oxygen atoms in total. The Morgan fingerprint density at radius 1 is 0.312 bits per heavy atom. The van der Waals surface area contributed by atoms with Crippen molar-refractivity contribution in [2.45, 2.75) is 119 Å². The molecule has 0 aromatic carbocycles. The quantitative estimate of drug-likeness (QED) is 0.0524. The minimum absolute atomic E-state index is 0.0253. The minimum atomic E-state index is -0.0253. The molecule has 0 aromatic rings. The van der Waals surface area contributed by atoms with E-state index < -0.39 is 0 Å². The molecule has 0 bridgehead atoms. The molecular formula is C24H60P6Pd2. The van der Waals surface area contributed by atoms with Gasteiger partial charge in [-0.05, 0) is 0 Å². The van der Waals surface area contributed by atoms with Crippen molar-refractivity contribution in [3.63, 3.8) is 0 Å². The Labute approximate surface area is 225 Å². The van der Waals surface area contributed by atoms with E-state index in [2.05, 4.69) is 41.5 Å². The predicted molar refractivity (Wildman–Crippen MR) is 169 cm³/mol. The van der Waals surface area contributed by atoms with Crippen LogP contribution in [0.1, 0.15) is 119 Å². The van der Waals surface area contributed by atoms with Crippen LogP contribution in [0.3, 0.4) is 0 Å². The molecule has 0 fully saturated rings. The van der Waals surface area contributed by atoms with Crippen LogP contribution in [-0.2, 0) is 30.5 Å². The molecular weight excluding hydrogens is 687 g/mol. The van der Waals surface area contributed by atoms with E-state index in [0.717, 1.165) is 0 Å². The van der Waals surface area contributed by atoms with E-state index >= 15 is 0 Å². The summed E-state index contributed by atoms with van der Waals surface area (Å²) < 4.78 is 0. The zero-order chi connectivity index (χ0) is 24.1. The number of unbranched alkanes of at least 4 members (excludes halogenated alkanes) is 6. The number of hydrogen-bond acceptors (Lipinski definition) is 0. The summed E-state index contributed by atoms with van der Waals surface area (Å²) in [5.74, 6) is 0. The molecule has 6 unspecified atom stereocenters. The van der Waals surface area contributed by atoms with Crippen molar-refractivity contribution in [3.8, 4) is 0 Å². The molecule has 0 spiro atoms. The van der Waals surface area contributed by atoms with Gasteiger partial charge in [0.15, 0.2) is 0 Å². The van der Waals surface area contributed by atoms with E-state index in [-0.39, 0.29) is 30.5 Å². The average Bonchev–Trinajstić information content (AvgIpc) is 2.80. The molecule has 32 heavy (non-hydrogen) atoms. The van der Waals surface area contributed by atoms with Crippen LogP contribution in [0.2, 0.25) is 0 Å². The van der Waals surface area contributed by atoms with Gasteiger partial charge in [-0.15, -0.1) is 0 Å². The van der Waals surface area contributed by atoms with E-state index in [1.54, 1.807) is 37.0 Å². The standard InChI is InChI=1S/6C4H10P.2Pd/c6*1-2-3-4-5;;/h6*5H,2-4H2,1H3;;/q6*-1;2*+3. The van der Waals surface area contributed by atoms with Crippen LogP contribution in [0.5, 0.6) is 0 Å². The molecule has 8 heteroatoms. The van der Waals surface area contributed by atoms with Gasteiger partial charge < -0.3 is 0 Å². The third-order valence-corrected chi connectivity index (χ3v) is 49.4. The van der Waals surface area contributed by atoms with Crippen molar-refractivity contribution >= 4 is 40.6 Å². The molecule has 0 aliphatic rings. The van der Waals surface area contributed by atoms with E-state index in [4.69, 9.17) is 0 Å². The Morgan fingerprint density at radius 3 is 0.594 bits per heavy atom. The Morgan fingerprint density at radius 2 is 0.469 bits per heavy atom. The summed E-state index contributed by atoms with van der Waals surface area (Å²) in [6, 6.07) is 0. The molecule has 0 N–H and O–H groups in total. The van der Waals surface area contributed by atoms with Crippen LogP contribution < -0.4 is 0 Å². The summed E-state index contributed by atoms with van der Waals surface area (Å²) in [5.41, 5.74) is 0. The first-order chi connectivity index (χ1) is 15.7. The van der Waals surface area contributed by atoms with Crippen molar-refractivity contribution < 1.29 is 30.5 Å². The molecule has 0 saturated heterocycles. The molecule has 0 saturated carbocycles. The Hall–Kier alpha value is 3.90. The monoisotopic (exact) mass is 746 g/mol. The van der Waals surface area contributed by atoms with Crippen LogP contribution in [-0.4, -0.2) is 37.0 Å². The van der Waals surface area contributed by atoms with Crippen molar-refractivity contribution in [1.29, 1.82) is 0 Å². The summed E-state index contributed by atoms with van der Waals surface area (Å²) in [4.78, 5) is 0. The first-order valence-corrected chi connectivity index (χ1v) is 33.4. The van der Waals surface area contributed by atoms with Crippen molar-refractivity contribution in [2.75, 3.05) is 37.0 Å². The first-order valence-electron chi connectivity index (χ1n) is 13.3. The van der Waals surface area contributed by atoms with Gasteiger partial charge in [-0.1, -0.05) is 0 Å². The molecule has 6 atom stereocenters. The Balaban J connectivity index is 0. The molecule has 0 aliphatic heterocycles. The second-order valence-electron chi connectivity index (χ2n) is 7.77. The van der Waals surface area contributed by atoms with E-state index in [1.165, 1.54) is 118 Å². The second kappa shape index (κ2) is 34.9.